The maximum atomic E-state index is 14.3. The highest BCUT2D eigenvalue weighted by molar-refractivity contribution is 7.09. The van der Waals surface area contributed by atoms with E-state index in [1.54, 1.807) is 32.4 Å². The van der Waals surface area contributed by atoms with Crippen LogP contribution in [0.4, 0.5) is 0 Å². The van der Waals surface area contributed by atoms with Gasteiger partial charge in [-0.05, 0) is 76.2 Å². The quantitative estimate of drug-likeness (QED) is 0.169. The number of aromatic nitrogens is 1. The average molecular weight is 785 g/mol. The topological polar surface area (TPSA) is 142 Å². The molecule has 3 N–H and O–H groups in total. The van der Waals surface area contributed by atoms with Gasteiger partial charge in [-0.3, -0.25) is 19.2 Å². The van der Waals surface area contributed by atoms with E-state index in [4.69, 9.17) is 9.47 Å². The molecule has 0 saturated carbocycles. The molecule has 0 aromatic carbocycles. The molecule has 2 aliphatic heterocycles. The SMILES string of the molecule is CC[C@H](C)[C@@H]([C@@H](CC(=O)N1CCC[C@H]1C(OC)[C@@H](C)C(=O)N[C@@H](CC1C=CC=CC1)c1nccs1)OC)N(C)C(=O)[C@@H](NC(=O)[C@@]1(C)CCCCN1)C(C)C. The van der Waals surface area contributed by atoms with Crippen LogP contribution in [0.2, 0.25) is 0 Å². The Morgan fingerprint density at radius 2 is 1.85 bits per heavy atom. The van der Waals surface area contributed by atoms with Crippen LogP contribution < -0.4 is 16.0 Å². The van der Waals surface area contributed by atoms with E-state index in [0.717, 1.165) is 50.1 Å². The van der Waals surface area contributed by atoms with Gasteiger partial charge in [-0.1, -0.05) is 65.3 Å². The Labute approximate surface area is 333 Å². The van der Waals surface area contributed by atoms with Gasteiger partial charge in [0.2, 0.25) is 23.6 Å². The minimum atomic E-state index is -0.734. The Balaban J connectivity index is 1.46. The van der Waals surface area contributed by atoms with Crippen molar-refractivity contribution in [2.75, 3.05) is 34.4 Å². The highest BCUT2D eigenvalue weighted by Crippen LogP contribution is 2.32. The van der Waals surface area contributed by atoms with Crippen molar-refractivity contribution in [2.45, 2.75) is 141 Å². The predicted octanol–water partition coefficient (Wildman–Crippen LogP) is 5.42. The van der Waals surface area contributed by atoms with Crippen LogP contribution in [0, 0.1) is 23.7 Å². The van der Waals surface area contributed by atoms with E-state index in [1.807, 2.05) is 44.1 Å². The lowest BCUT2D eigenvalue weighted by atomic mass is 9.88. The number of likely N-dealkylation sites (tertiary alicyclic amines) is 1. The molecule has 2 unspecified atom stereocenters. The van der Waals surface area contributed by atoms with Crippen LogP contribution in [0.25, 0.3) is 0 Å². The molecule has 0 radical (unpaired) electrons. The van der Waals surface area contributed by atoms with Gasteiger partial charge in [0.15, 0.2) is 0 Å². The fourth-order valence-electron chi connectivity index (χ4n) is 8.63. The van der Waals surface area contributed by atoms with Crippen molar-refractivity contribution in [3.05, 3.63) is 40.9 Å². The first-order valence-corrected chi connectivity index (χ1v) is 21.3. The van der Waals surface area contributed by atoms with Gasteiger partial charge >= 0.3 is 0 Å². The second-order valence-corrected chi connectivity index (χ2v) is 17.4. The standard InChI is InChI=1S/C42H68N6O6S/c1-10-28(4)36(47(7)40(51)35(27(2)3)46-41(52)42(6)20-14-15-21-44-42)33(53-8)26-34(49)48-23-16-19-32(48)37(54-9)29(5)38(50)45-31(39-43-22-24-55-39)25-30-17-12-11-13-18-30/h11-13,17,22,24,27-33,35-37,44H,10,14-16,18-21,23,25-26H2,1-9H3,(H,45,50)(H,46,52)/t28-,29+,30?,31-,32-,33+,35-,36-,37?,42+/m0/s1. The number of ether oxygens (including phenoxy) is 2. The molecular weight excluding hydrogens is 717 g/mol. The smallest absolute Gasteiger partial charge is 0.245 e. The van der Waals surface area contributed by atoms with Crippen LogP contribution in [0.15, 0.2) is 35.9 Å². The predicted molar refractivity (Wildman–Crippen MR) is 217 cm³/mol. The maximum absolute atomic E-state index is 14.3. The fraction of sp³-hybridized carbons (Fsp3) is 0.738. The van der Waals surface area contributed by atoms with Crippen LogP contribution in [0.3, 0.4) is 0 Å². The van der Waals surface area contributed by atoms with Gasteiger partial charge in [0.1, 0.15) is 11.0 Å². The molecule has 1 aliphatic carbocycles. The Kier molecular flexibility index (Phi) is 16.9. The molecule has 2 fully saturated rings. The van der Waals surface area contributed by atoms with Gasteiger partial charge in [0, 0.05) is 39.4 Å². The maximum Gasteiger partial charge on any atom is 0.245 e. The number of carbonyl (C=O) groups is 4. The van der Waals surface area contributed by atoms with Crippen LogP contribution in [0.1, 0.15) is 110 Å². The number of hydrogen-bond acceptors (Lipinski definition) is 9. The highest BCUT2D eigenvalue weighted by atomic mass is 32.1. The molecule has 2 saturated heterocycles. The van der Waals surface area contributed by atoms with Gasteiger partial charge in [-0.2, -0.15) is 0 Å². The number of thiazole rings is 1. The molecule has 0 bridgehead atoms. The van der Waals surface area contributed by atoms with E-state index in [-0.39, 0.29) is 54.0 Å². The first kappa shape index (κ1) is 44.6. The zero-order valence-electron chi connectivity index (χ0n) is 34.7. The van der Waals surface area contributed by atoms with Crippen molar-refractivity contribution < 1.29 is 28.7 Å². The number of nitrogens with one attached hydrogen (secondary N) is 3. The number of nitrogens with zero attached hydrogens (tertiary/aromatic N) is 3. The molecule has 13 heteroatoms. The third kappa shape index (κ3) is 11.3. The fourth-order valence-corrected chi connectivity index (χ4v) is 9.33. The van der Waals surface area contributed by atoms with E-state index in [1.165, 1.54) is 11.3 Å². The van der Waals surface area contributed by atoms with Crippen LogP contribution in [-0.4, -0.2) is 109 Å². The van der Waals surface area contributed by atoms with Gasteiger partial charge < -0.3 is 35.2 Å². The number of piperidine rings is 1. The van der Waals surface area contributed by atoms with Crippen molar-refractivity contribution in [3.63, 3.8) is 0 Å². The summed E-state index contributed by atoms with van der Waals surface area (Å²) in [5.74, 6) is -0.975. The van der Waals surface area contributed by atoms with Crippen molar-refractivity contribution in [1.82, 2.24) is 30.7 Å². The number of carbonyl (C=O) groups excluding carboxylic acids is 4. The number of rotatable bonds is 19. The molecule has 0 spiro atoms. The Bertz CT molecular complexity index is 1460. The molecule has 3 aliphatic rings. The third-order valence-corrected chi connectivity index (χ3v) is 13.2. The highest BCUT2D eigenvalue weighted by Gasteiger charge is 2.44. The van der Waals surface area contributed by atoms with Crippen molar-refractivity contribution >= 4 is 35.0 Å². The second-order valence-electron chi connectivity index (χ2n) is 16.5. The van der Waals surface area contributed by atoms with E-state index >= 15 is 0 Å². The zero-order chi connectivity index (χ0) is 40.3. The summed E-state index contributed by atoms with van der Waals surface area (Å²) in [5, 5.41) is 12.5. The summed E-state index contributed by atoms with van der Waals surface area (Å²) in [6.45, 7) is 13.1. The average Bonchev–Trinajstić information content (AvgIpc) is 3.90. The van der Waals surface area contributed by atoms with Gasteiger partial charge in [-0.15, -0.1) is 11.3 Å². The number of hydrogen-bond donors (Lipinski definition) is 3. The Morgan fingerprint density at radius 1 is 1.09 bits per heavy atom. The molecule has 3 heterocycles. The summed E-state index contributed by atoms with van der Waals surface area (Å²) in [7, 11) is 4.96. The number of allylic oxidation sites excluding steroid dienone is 4. The van der Waals surface area contributed by atoms with E-state index in [2.05, 4.69) is 53.0 Å². The van der Waals surface area contributed by atoms with Crippen LogP contribution in [-0.2, 0) is 28.7 Å². The van der Waals surface area contributed by atoms with Gasteiger partial charge in [0.05, 0.1) is 48.2 Å². The lowest BCUT2D eigenvalue weighted by Gasteiger charge is -2.41. The lowest BCUT2D eigenvalue weighted by Crippen LogP contribution is -2.63. The molecule has 1 aromatic rings. The summed E-state index contributed by atoms with van der Waals surface area (Å²) in [4.78, 5) is 64.1. The number of likely N-dealkylation sites (N-methyl/N-ethyl adjacent to an activating group) is 1. The van der Waals surface area contributed by atoms with Crippen LogP contribution >= 0.6 is 11.3 Å². The minimum absolute atomic E-state index is 0.00321. The molecule has 308 valence electrons. The Morgan fingerprint density at radius 3 is 2.44 bits per heavy atom. The monoisotopic (exact) mass is 784 g/mol. The lowest BCUT2D eigenvalue weighted by molar-refractivity contribution is -0.148. The van der Waals surface area contributed by atoms with E-state index < -0.39 is 35.7 Å². The summed E-state index contributed by atoms with van der Waals surface area (Å²) >= 11 is 1.54. The number of amides is 4. The second kappa shape index (κ2) is 20.9. The van der Waals surface area contributed by atoms with Crippen molar-refractivity contribution in [1.29, 1.82) is 0 Å². The molecule has 1 aromatic heterocycles. The number of methoxy groups -OCH3 is 2. The van der Waals surface area contributed by atoms with Gasteiger partial charge in [-0.25, -0.2) is 4.98 Å². The third-order valence-electron chi connectivity index (χ3n) is 12.3. The molecule has 12 nitrogen and oxygen atoms in total. The van der Waals surface area contributed by atoms with E-state index in [9.17, 15) is 19.2 Å². The minimum Gasteiger partial charge on any atom is -0.379 e. The first-order chi connectivity index (χ1) is 26.3. The normalized spacial score (nSPS) is 25.1. The van der Waals surface area contributed by atoms with Gasteiger partial charge in [0.25, 0.3) is 0 Å². The summed E-state index contributed by atoms with van der Waals surface area (Å²) < 4.78 is 12.1. The first-order valence-electron chi connectivity index (χ1n) is 20.5. The summed E-state index contributed by atoms with van der Waals surface area (Å²) in [6.07, 6.45) is 15.8. The van der Waals surface area contributed by atoms with Crippen molar-refractivity contribution in [3.8, 4) is 0 Å². The molecule has 4 rings (SSSR count). The molecular formula is C42H68N6O6S. The molecule has 10 atom stereocenters. The van der Waals surface area contributed by atoms with Crippen LogP contribution in [0.5, 0.6) is 0 Å². The summed E-state index contributed by atoms with van der Waals surface area (Å²) in [5.41, 5.74) is -0.723. The summed E-state index contributed by atoms with van der Waals surface area (Å²) in [6, 6.07) is -1.68. The molecule has 55 heavy (non-hydrogen) atoms. The Hall–Kier alpha value is -3.13. The zero-order valence-corrected chi connectivity index (χ0v) is 35.5. The molecule has 4 amide bonds. The van der Waals surface area contributed by atoms with E-state index in [0.29, 0.717) is 25.3 Å². The van der Waals surface area contributed by atoms with Crippen molar-refractivity contribution in [2.24, 2.45) is 23.7 Å². The largest absolute Gasteiger partial charge is 0.379 e.